The number of halogens is 1. The fraction of sp³-hybridized carbons (Fsp3) is 0.333. The van der Waals surface area contributed by atoms with Crippen LogP contribution in [0.3, 0.4) is 0 Å². The SMILES string of the molecule is COC(=O)[C@@H](Cc1ccc(F)cc1)OC(C)=O. The van der Waals surface area contributed by atoms with Crippen LogP contribution in [0.4, 0.5) is 4.39 Å². The summed E-state index contributed by atoms with van der Waals surface area (Å²) < 4.78 is 22.0. The fourth-order valence-corrected chi connectivity index (χ4v) is 1.34. The van der Waals surface area contributed by atoms with Gasteiger partial charge in [0.2, 0.25) is 6.10 Å². The monoisotopic (exact) mass is 240 g/mol. The Morgan fingerprint density at radius 1 is 1.29 bits per heavy atom. The summed E-state index contributed by atoms with van der Waals surface area (Å²) in [6, 6.07) is 5.60. The van der Waals surface area contributed by atoms with E-state index < -0.39 is 18.0 Å². The summed E-state index contributed by atoms with van der Waals surface area (Å²) in [5.74, 6) is -1.57. The Bertz CT molecular complexity index is 399. The van der Waals surface area contributed by atoms with Crippen molar-refractivity contribution in [3.8, 4) is 0 Å². The molecule has 1 atom stereocenters. The quantitative estimate of drug-likeness (QED) is 0.748. The highest BCUT2D eigenvalue weighted by molar-refractivity contribution is 5.78. The fourth-order valence-electron chi connectivity index (χ4n) is 1.34. The largest absolute Gasteiger partial charge is 0.466 e. The summed E-state index contributed by atoms with van der Waals surface area (Å²) in [5, 5.41) is 0. The number of ether oxygens (including phenoxy) is 2. The van der Waals surface area contributed by atoms with Gasteiger partial charge in [0.25, 0.3) is 0 Å². The molecule has 1 rings (SSSR count). The summed E-state index contributed by atoms with van der Waals surface area (Å²) in [4.78, 5) is 22.2. The smallest absolute Gasteiger partial charge is 0.347 e. The third-order valence-electron chi connectivity index (χ3n) is 2.11. The third kappa shape index (κ3) is 4.22. The maximum absolute atomic E-state index is 12.7. The lowest BCUT2D eigenvalue weighted by Gasteiger charge is -2.14. The lowest BCUT2D eigenvalue weighted by atomic mass is 10.1. The Labute approximate surface area is 98.3 Å². The highest BCUT2D eigenvalue weighted by Gasteiger charge is 2.22. The van der Waals surface area contributed by atoms with Gasteiger partial charge in [-0.2, -0.15) is 0 Å². The number of benzene rings is 1. The second-order valence-electron chi connectivity index (χ2n) is 3.45. The van der Waals surface area contributed by atoms with E-state index in [9.17, 15) is 14.0 Å². The van der Waals surface area contributed by atoms with Crippen molar-refractivity contribution in [2.45, 2.75) is 19.4 Å². The van der Waals surface area contributed by atoms with Crippen LogP contribution in [0.25, 0.3) is 0 Å². The lowest BCUT2D eigenvalue weighted by Crippen LogP contribution is -2.29. The minimum atomic E-state index is -0.997. The molecule has 0 heterocycles. The van der Waals surface area contributed by atoms with Gasteiger partial charge < -0.3 is 9.47 Å². The minimum Gasteiger partial charge on any atom is -0.466 e. The number of carbonyl (C=O) groups excluding carboxylic acids is 2. The normalized spacial score (nSPS) is 11.7. The summed E-state index contributed by atoms with van der Waals surface area (Å²) in [7, 11) is 1.21. The molecular formula is C12H13FO4. The van der Waals surface area contributed by atoms with E-state index in [1.807, 2.05) is 0 Å². The van der Waals surface area contributed by atoms with Crippen molar-refractivity contribution in [3.63, 3.8) is 0 Å². The maximum atomic E-state index is 12.7. The van der Waals surface area contributed by atoms with E-state index in [4.69, 9.17) is 4.74 Å². The van der Waals surface area contributed by atoms with E-state index in [-0.39, 0.29) is 12.2 Å². The first-order valence-corrected chi connectivity index (χ1v) is 5.02. The maximum Gasteiger partial charge on any atom is 0.347 e. The predicted octanol–water partition coefficient (Wildman–Crippen LogP) is 1.47. The number of carbonyl (C=O) groups is 2. The second kappa shape index (κ2) is 5.98. The lowest BCUT2D eigenvalue weighted by molar-refractivity contribution is -0.164. The molecule has 0 amide bonds. The molecule has 0 unspecified atom stereocenters. The molecule has 0 aliphatic heterocycles. The molecule has 0 aliphatic rings. The van der Waals surface area contributed by atoms with Gasteiger partial charge in [-0.1, -0.05) is 12.1 Å². The van der Waals surface area contributed by atoms with Crippen LogP contribution in [0, 0.1) is 5.82 Å². The Morgan fingerprint density at radius 3 is 2.35 bits per heavy atom. The van der Waals surface area contributed by atoms with Crippen LogP contribution in [0.2, 0.25) is 0 Å². The van der Waals surface area contributed by atoms with Gasteiger partial charge in [-0.3, -0.25) is 4.79 Å². The molecule has 0 bridgehead atoms. The minimum absolute atomic E-state index is 0.159. The first-order valence-electron chi connectivity index (χ1n) is 5.02. The van der Waals surface area contributed by atoms with Crippen LogP contribution in [0.15, 0.2) is 24.3 Å². The van der Waals surface area contributed by atoms with Gasteiger partial charge in [0.05, 0.1) is 7.11 Å². The molecular weight excluding hydrogens is 227 g/mol. The molecule has 0 aromatic heterocycles. The van der Waals surface area contributed by atoms with Crippen molar-refractivity contribution >= 4 is 11.9 Å². The van der Waals surface area contributed by atoms with Gasteiger partial charge in [-0.25, -0.2) is 9.18 Å². The Kier molecular flexibility index (Phi) is 4.63. The zero-order chi connectivity index (χ0) is 12.8. The van der Waals surface area contributed by atoms with Crippen LogP contribution in [-0.2, 0) is 25.5 Å². The van der Waals surface area contributed by atoms with Gasteiger partial charge in [0.15, 0.2) is 0 Å². The third-order valence-corrected chi connectivity index (χ3v) is 2.11. The van der Waals surface area contributed by atoms with E-state index >= 15 is 0 Å². The average molecular weight is 240 g/mol. The number of methoxy groups -OCH3 is 1. The molecule has 0 saturated heterocycles. The summed E-state index contributed by atoms with van der Waals surface area (Å²) in [6.07, 6.45) is -0.838. The Hall–Kier alpha value is -1.91. The van der Waals surface area contributed by atoms with Gasteiger partial charge in [0.1, 0.15) is 5.82 Å². The molecule has 4 nitrogen and oxygen atoms in total. The van der Waals surface area contributed by atoms with Gasteiger partial charge in [-0.05, 0) is 17.7 Å². The second-order valence-corrected chi connectivity index (χ2v) is 3.45. The topological polar surface area (TPSA) is 52.6 Å². The van der Waals surface area contributed by atoms with Crippen LogP contribution in [-0.4, -0.2) is 25.2 Å². The van der Waals surface area contributed by atoms with Crippen LogP contribution >= 0.6 is 0 Å². The number of hydrogen-bond acceptors (Lipinski definition) is 4. The molecule has 0 N–H and O–H groups in total. The standard InChI is InChI=1S/C12H13FO4/c1-8(14)17-11(12(15)16-2)7-9-3-5-10(13)6-4-9/h3-6,11H,7H2,1-2H3/t11-/m1/s1. The van der Waals surface area contributed by atoms with Gasteiger partial charge in [0, 0.05) is 13.3 Å². The van der Waals surface area contributed by atoms with E-state index in [1.165, 1.54) is 38.3 Å². The molecule has 0 saturated carbocycles. The van der Waals surface area contributed by atoms with Crippen LogP contribution < -0.4 is 0 Å². The van der Waals surface area contributed by atoms with Crippen LogP contribution in [0.1, 0.15) is 12.5 Å². The van der Waals surface area contributed by atoms with E-state index in [2.05, 4.69) is 4.74 Å². The van der Waals surface area contributed by atoms with Crippen LogP contribution in [0.5, 0.6) is 0 Å². The number of hydrogen-bond donors (Lipinski definition) is 0. The molecule has 92 valence electrons. The van der Waals surface area contributed by atoms with E-state index in [1.54, 1.807) is 0 Å². The molecule has 0 aliphatic carbocycles. The van der Waals surface area contributed by atoms with Crippen molar-refractivity contribution in [2.75, 3.05) is 7.11 Å². The number of esters is 2. The molecule has 1 aromatic rings. The summed E-state index contributed by atoms with van der Waals surface area (Å²) in [5.41, 5.74) is 0.683. The highest BCUT2D eigenvalue weighted by atomic mass is 19.1. The molecule has 17 heavy (non-hydrogen) atoms. The summed E-state index contributed by atoms with van der Waals surface area (Å²) >= 11 is 0. The zero-order valence-electron chi connectivity index (χ0n) is 9.60. The predicted molar refractivity (Wildman–Crippen MR) is 57.7 cm³/mol. The number of rotatable bonds is 4. The van der Waals surface area contributed by atoms with Crippen molar-refractivity contribution in [3.05, 3.63) is 35.6 Å². The zero-order valence-corrected chi connectivity index (χ0v) is 9.60. The molecule has 0 spiro atoms. The van der Waals surface area contributed by atoms with Crippen molar-refractivity contribution in [1.29, 1.82) is 0 Å². The average Bonchev–Trinajstić information content (AvgIpc) is 2.29. The highest BCUT2D eigenvalue weighted by Crippen LogP contribution is 2.09. The molecule has 0 fully saturated rings. The first-order chi connectivity index (χ1) is 8.02. The van der Waals surface area contributed by atoms with Gasteiger partial charge >= 0.3 is 11.9 Å². The molecule has 5 heteroatoms. The van der Waals surface area contributed by atoms with Crippen molar-refractivity contribution in [2.24, 2.45) is 0 Å². The Morgan fingerprint density at radius 2 is 1.88 bits per heavy atom. The van der Waals surface area contributed by atoms with Gasteiger partial charge in [-0.15, -0.1) is 0 Å². The summed E-state index contributed by atoms with van der Waals surface area (Å²) in [6.45, 7) is 1.21. The van der Waals surface area contributed by atoms with E-state index in [0.717, 1.165) is 0 Å². The first kappa shape index (κ1) is 13.2. The Balaban J connectivity index is 2.75. The molecule has 1 aromatic carbocycles. The van der Waals surface area contributed by atoms with Crippen molar-refractivity contribution in [1.82, 2.24) is 0 Å². The van der Waals surface area contributed by atoms with Crippen molar-refractivity contribution < 1.29 is 23.5 Å². The molecule has 0 radical (unpaired) electrons. The van der Waals surface area contributed by atoms with E-state index in [0.29, 0.717) is 5.56 Å².